The zero-order valence-corrected chi connectivity index (χ0v) is 17.5. The molecule has 0 saturated carbocycles. The third-order valence-corrected chi connectivity index (χ3v) is 4.86. The van der Waals surface area contributed by atoms with E-state index in [4.69, 9.17) is 4.52 Å². The molecule has 1 amide bonds. The zero-order valence-electron chi connectivity index (χ0n) is 14.4. The number of carbonyl (C=O) groups excluding carboxylic acids is 1. The van der Waals surface area contributed by atoms with Gasteiger partial charge in [0.15, 0.2) is 0 Å². The fourth-order valence-electron chi connectivity index (χ4n) is 2.25. The van der Waals surface area contributed by atoms with Gasteiger partial charge in [-0.25, -0.2) is 0 Å². The van der Waals surface area contributed by atoms with E-state index in [2.05, 4.69) is 46.7 Å². The molecule has 0 atom stereocenters. The first-order valence-electron chi connectivity index (χ1n) is 7.71. The molecule has 2 aromatic carbocycles. The van der Waals surface area contributed by atoms with Gasteiger partial charge < -0.3 is 19.3 Å². The van der Waals surface area contributed by atoms with Crippen LogP contribution in [0.4, 0.5) is 18.9 Å². The Bertz CT molecular complexity index is 1030. The Kier molecular flexibility index (Phi) is 5.85. The average Bonchev–Trinajstić information content (AvgIpc) is 3.14. The molecule has 7 nitrogen and oxygen atoms in total. The zero-order chi connectivity index (χ0) is 21.3. The smallest absolute Gasteiger partial charge is 0.506 e. The number of rotatable bonds is 4. The summed E-state index contributed by atoms with van der Waals surface area (Å²) in [5, 5.41) is 13.5. The van der Waals surface area contributed by atoms with E-state index >= 15 is 0 Å². The minimum atomic E-state index is -4.80. The summed E-state index contributed by atoms with van der Waals surface area (Å²) in [7, 11) is 1.40. The van der Waals surface area contributed by atoms with Crippen molar-refractivity contribution in [1.82, 2.24) is 10.1 Å². The average molecular weight is 537 g/mol. The summed E-state index contributed by atoms with van der Waals surface area (Å²) in [6.45, 7) is 0. The van der Waals surface area contributed by atoms with Crippen LogP contribution in [0.2, 0.25) is 0 Å². The SMILES string of the molecule is CN(C(=O)c1nc(-c2cc(Br)c(O)c(Br)c2)no1)c1ccc(OC(F)(F)F)cc1. The Labute approximate surface area is 178 Å². The number of carbonyl (C=O) groups is 1. The molecule has 0 saturated heterocycles. The summed E-state index contributed by atoms with van der Waals surface area (Å²) in [4.78, 5) is 17.7. The number of nitrogens with zero attached hydrogens (tertiary/aromatic N) is 3. The lowest BCUT2D eigenvalue weighted by atomic mass is 10.2. The van der Waals surface area contributed by atoms with Crippen molar-refractivity contribution in [2.45, 2.75) is 6.36 Å². The van der Waals surface area contributed by atoms with Gasteiger partial charge in [0, 0.05) is 18.3 Å². The van der Waals surface area contributed by atoms with E-state index in [1.165, 1.54) is 19.2 Å². The molecule has 0 unspecified atom stereocenters. The summed E-state index contributed by atoms with van der Waals surface area (Å²) in [6.07, 6.45) is -4.80. The molecule has 0 bridgehead atoms. The Morgan fingerprint density at radius 1 is 1.17 bits per heavy atom. The highest BCUT2D eigenvalue weighted by Crippen LogP contribution is 2.36. The van der Waals surface area contributed by atoms with Crippen molar-refractivity contribution in [3.63, 3.8) is 0 Å². The molecular formula is C17H10Br2F3N3O4. The number of aromatic hydroxyl groups is 1. The molecular weight excluding hydrogens is 527 g/mol. The second-order valence-electron chi connectivity index (χ2n) is 5.62. The number of phenols is 1. The van der Waals surface area contributed by atoms with Gasteiger partial charge in [-0.2, -0.15) is 4.98 Å². The largest absolute Gasteiger partial charge is 0.573 e. The number of hydrogen-bond donors (Lipinski definition) is 1. The van der Waals surface area contributed by atoms with E-state index < -0.39 is 18.0 Å². The number of phenolic OH excluding ortho intramolecular Hbond substituents is 1. The van der Waals surface area contributed by atoms with Gasteiger partial charge in [-0.3, -0.25) is 4.79 Å². The number of aromatic nitrogens is 2. The molecule has 3 aromatic rings. The highest BCUT2D eigenvalue weighted by atomic mass is 79.9. The number of hydrogen-bond acceptors (Lipinski definition) is 6. The third-order valence-electron chi connectivity index (χ3n) is 3.65. The number of amides is 1. The van der Waals surface area contributed by atoms with Gasteiger partial charge in [-0.15, -0.1) is 13.2 Å². The first kappa shape index (κ1) is 21.1. The monoisotopic (exact) mass is 535 g/mol. The molecule has 12 heteroatoms. The summed E-state index contributed by atoms with van der Waals surface area (Å²) in [5.74, 6) is -1.29. The van der Waals surface area contributed by atoms with Crippen LogP contribution >= 0.6 is 31.9 Å². The molecule has 0 fully saturated rings. The molecule has 29 heavy (non-hydrogen) atoms. The van der Waals surface area contributed by atoms with Crippen molar-refractivity contribution in [1.29, 1.82) is 0 Å². The summed E-state index contributed by atoms with van der Waals surface area (Å²) in [5.41, 5.74) is 0.764. The van der Waals surface area contributed by atoms with Gasteiger partial charge in [0.1, 0.15) is 11.5 Å². The highest BCUT2D eigenvalue weighted by molar-refractivity contribution is 9.11. The number of anilines is 1. The maximum atomic E-state index is 12.6. The van der Waals surface area contributed by atoms with E-state index in [0.717, 1.165) is 17.0 Å². The van der Waals surface area contributed by atoms with Crippen molar-refractivity contribution < 1.29 is 32.3 Å². The van der Waals surface area contributed by atoms with Gasteiger partial charge in [-0.05, 0) is 68.3 Å². The van der Waals surface area contributed by atoms with E-state index in [0.29, 0.717) is 20.2 Å². The minimum absolute atomic E-state index is 0.00812. The van der Waals surface area contributed by atoms with Crippen molar-refractivity contribution in [3.8, 4) is 22.9 Å². The van der Waals surface area contributed by atoms with E-state index in [1.54, 1.807) is 12.1 Å². The van der Waals surface area contributed by atoms with Crippen LogP contribution in [0.5, 0.6) is 11.5 Å². The van der Waals surface area contributed by atoms with Gasteiger partial charge in [0.05, 0.1) is 8.95 Å². The van der Waals surface area contributed by atoms with Gasteiger partial charge in [0.2, 0.25) is 5.82 Å². The lowest BCUT2D eigenvalue weighted by Gasteiger charge is -2.15. The minimum Gasteiger partial charge on any atom is -0.506 e. The lowest BCUT2D eigenvalue weighted by Crippen LogP contribution is -2.26. The van der Waals surface area contributed by atoms with Crippen molar-refractivity contribution in [3.05, 3.63) is 51.2 Å². The molecule has 0 radical (unpaired) electrons. The van der Waals surface area contributed by atoms with Crippen LogP contribution in [-0.4, -0.2) is 34.6 Å². The Balaban J connectivity index is 1.79. The molecule has 0 aliphatic heterocycles. The lowest BCUT2D eigenvalue weighted by molar-refractivity contribution is -0.274. The quantitative estimate of drug-likeness (QED) is 0.496. The second-order valence-corrected chi connectivity index (χ2v) is 7.33. The van der Waals surface area contributed by atoms with Crippen molar-refractivity contribution in [2.24, 2.45) is 0 Å². The van der Waals surface area contributed by atoms with Crippen molar-refractivity contribution in [2.75, 3.05) is 11.9 Å². The predicted molar refractivity (Wildman–Crippen MR) is 103 cm³/mol. The molecule has 1 N–H and O–H groups in total. The Morgan fingerprint density at radius 2 is 1.76 bits per heavy atom. The van der Waals surface area contributed by atoms with Crippen LogP contribution in [0.15, 0.2) is 49.9 Å². The standard InChI is InChI=1S/C17H10Br2F3N3O4/c1-25(9-2-4-10(5-3-9)28-17(20,21)22)16(27)15-23-14(24-29-15)8-6-11(18)13(26)12(19)7-8/h2-7,26H,1H3. The summed E-state index contributed by atoms with van der Waals surface area (Å²) in [6, 6.07) is 7.81. The first-order chi connectivity index (χ1) is 13.5. The molecule has 0 aliphatic rings. The number of ether oxygens (including phenoxy) is 1. The number of benzene rings is 2. The maximum Gasteiger partial charge on any atom is 0.573 e. The topological polar surface area (TPSA) is 88.7 Å². The highest BCUT2D eigenvalue weighted by Gasteiger charge is 2.31. The Hall–Kier alpha value is -2.60. The molecule has 3 rings (SSSR count). The number of alkyl halides is 3. The van der Waals surface area contributed by atoms with Gasteiger partial charge in [-0.1, -0.05) is 5.16 Å². The van der Waals surface area contributed by atoms with E-state index in [9.17, 15) is 23.1 Å². The molecule has 0 aliphatic carbocycles. The molecule has 152 valence electrons. The second kappa shape index (κ2) is 8.03. The number of halogens is 5. The van der Waals surface area contributed by atoms with Crippen LogP contribution < -0.4 is 9.64 Å². The predicted octanol–water partition coefficient (Wildman–Crippen LogP) is 5.14. The van der Waals surface area contributed by atoms with Crippen LogP contribution in [0, 0.1) is 0 Å². The fourth-order valence-corrected chi connectivity index (χ4v) is 3.44. The van der Waals surface area contributed by atoms with Crippen molar-refractivity contribution >= 4 is 43.5 Å². The van der Waals surface area contributed by atoms with Crippen LogP contribution in [-0.2, 0) is 0 Å². The molecule has 0 spiro atoms. The Morgan fingerprint density at radius 3 is 2.31 bits per heavy atom. The normalized spacial score (nSPS) is 11.4. The molecule has 1 heterocycles. The van der Waals surface area contributed by atoms with Gasteiger partial charge >= 0.3 is 18.2 Å². The molecule has 1 aromatic heterocycles. The summed E-state index contributed by atoms with van der Waals surface area (Å²) < 4.78 is 46.3. The summed E-state index contributed by atoms with van der Waals surface area (Å²) >= 11 is 6.37. The van der Waals surface area contributed by atoms with E-state index in [-0.39, 0.29) is 17.5 Å². The third kappa shape index (κ3) is 4.88. The van der Waals surface area contributed by atoms with Gasteiger partial charge in [0.25, 0.3) is 0 Å². The fraction of sp³-hybridized carbons (Fsp3) is 0.118. The first-order valence-corrected chi connectivity index (χ1v) is 9.29. The van der Waals surface area contributed by atoms with Crippen LogP contribution in [0.1, 0.15) is 10.7 Å². The maximum absolute atomic E-state index is 12.6. The van der Waals surface area contributed by atoms with Crippen LogP contribution in [0.25, 0.3) is 11.4 Å². The van der Waals surface area contributed by atoms with Crippen LogP contribution in [0.3, 0.4) is 0 Å². The van der Waals surface area contributed by atoms with E-state index in [1.807, 2.05) is 0 Å².